The van der Waals surface area contributed by atoms with Gasteiger partial charge in [-0.15, -0.1) is 0 Å². The third-order valence-corrected chi connectivity index (χ3v) is 3.32. The standard InChI is InChI=1S/C16H20N2O/c1-12-6-4-5-7-15(12)10-18(3)16-13(2)8-14(11-19)9-17-16/h4-9,19H,10-11H2,1-3H3. The summed E-state index contributed by atoms with van der Waals surface area (Å²) in [6, 6.07) is 10.4. The Bertz CT molecular complexity index is 566. The van der Waals surface area contributed by atoms with Gasteiger partial charge in [0.15, 0.2) is 0 Å². The molecule has 1 aromatic heterocycles. The average Bonchev–Trinajstić information content (AvgIpc) is 2.41. The smallest absolute Gasteiger partial charge is 0.131 e. The van der Waals surface area contributed by atoms with Crippen LogP contribution in [0.1, 0.15) is 22.3 Å². The molecular formula is C16H20N2O. The zero-order valence-corrected chi connectivity index (χ0v) is 11.7. The molecule has 3 heteroatoms. The monoisotopic (exact) mass is 256 g/mol. The lowest BCUT2D eigenvalue weighted by molar-refractivity contribution is 0.281. The van der Waals surface area contributed by atoms with Gasteiger partial charge in [-0.3, -0.25) is 0 Å². The van der Waals surface area contributed by atoms with Crippen LogP contribution < -0.4 is 4.90 Å². The van der Waals surface area contributed by atoms with Crippen molar-refractivity contribution >= 4 is 5.82 Å². The van der Waals surface area contributed by atoms with Gasteiger partial charge in [0.2, 0.25) is 0 Å². The molecule has 3 nitrogen and oxygen atoms in total. The van der Waals surface area contributed by atoms with Gasteiger partial charge >= 0.3 is 0 Å². The highest BCUT2D eigenvalue weighted by molar-refractivity contribution is 5.47. The van der Waals surface area contributed by atoms with Crippen LogP contribution in [0.3, 0.4) is 0 Å². The predicted molar refractivity (Wildman–Crippen MR) is 78.2 cm³/mol. The second-order valence-corrected chi connectivity index (χ2v) is 4.92. The lowest BCUT2D eigenvalue weighted by atomic mass is 10.1. The number of hydrogen-bond acceptors (Lipinski definition) is 3. The van der Waals surface area contributed by atoms with Crippen molar-refractivity contribution in [3.63, 3.8) is 0 Å². The topological polar surface area (TPSA) is 36.4 Å². The Kier molecular flexibility index (Phi) is 4.17. The van der Waals surface area contributed by atoms with Crippen LogP contribution in [0.25, 0.3) is 0 Å². The molecule has 0 amide bonds. The molecule has 19 heavy (non-hydrogen) atoms. The van der Waals surface area contributed by atoms with E-state index in [2.05, 4.69) is 41.1 Å². The van der Waals surface area contributed by atoms with Crippen molar-refractivity contribution in [3.05, 3.63) is 58.8 Å². The number of benzene rings is 1. The fourth-order valence-electron chi connectivity index (χ4n) is 2.23. The van der Waals surface area contributed by atoms with E-state index in [0.717, 1.165) is 23.5 Å². The van der Waals surface area contributed by atoms with Gasteiger partial charge in [0.1, 0.15) is 5.82 Å². The minimum Gasteiger partial charge on any atom is -0.392 e. The normalized spacial score (nSPS) is 10.5. The third-order valence-electron chi connectivity index (χ3n) is 3.32. The van der Waals surface area contributed by atoms with Gasteiger partial charge < -0.3 is 10.0 Å². The molecule has 1 heterocycles. The molecule has 0 aliphatic carbocycles. The first kappa shape index (κ1) is 13.6. The molecule has 0 bridgehead atoms. The van der Waals surface area contributed by atoms with Crippen molar-refractivity contribution in [3.8, 4) is 0 Å². The number of nitrogens with zero attached hydrogens (tertiary/aromatic N) is 2. The van der Waals surface area contributed by atoms with Gasteiger partial charge in [0.25, 0.3) is 0 Å². The molecule has 2 rings (SSSR count). The molecule has 0 fully saturated rings. The molecule has 100 valence electrons. The van der Waals surface area contributed by atoms with E-state index < -0.39 is 0 Å². The van der Waals surface area contributed by atoms with Crippen LogP contribution in [0.4, 0.5) is 5.82 Å². The molecule has 1 N–H and O–H groups in total. The average molecular weight is 256 g/mol. The molecule has 0 spiro atoms. The van der Waals surface area contributed by atoms with E-state index in [4.69, 9.17) is 5.11 Å². The minimum atomic E-state index is 0.0373. The fraction of sp³-hybridized carbons (Fsp3) is 0.312. The van der Waals surface area contributed by atoms with Crippen molar-refractivity contribution < 1.29 is 5.11 Å². The Labute approximate surface area is 114 Å². The zero-order chi connectivity index (χ0) is 13.8. The number of anilines is 1. The van der Waals surface area contributed by atoms with Crippen molar-refractivity contribution in [2.24, 2.45) is 0 Å². The van der Waals surface area contributed by atoms with Gasteiger partial charge in [-0.1, -0.05) is 24.3 Å². The van der Waals surface area contributed by atoms with Crippen molar-refractivity contribution in [2.75, 3.05) is 11.9 Å². The predicted octanol–water partition coefficient (Wildman–Crippen LogP) is 2.83. The Morgan fingerprint density at radius 3 is 2.53 bits per heavy atom. The van der Waals surface area contributed by atoms with Crippen molar-refractivity contribution in [2.45, 2.75) is 27.0 Å². The Hall–Kier alpha value is -1.87. The van der Waals surface area contributed by atoms with Crippen LogP contribution in [0, 0.1) is 13.8 Å². The molecular weight excluding hydrogens is 236 g/mol. The molecule has 0 atom stereocenters. The van der Waals surface area contributed by atoms with Crippen LogP contribution in [0.15, 0.2) is 36.5 Å². The number of aromatic nitrogens is 1. The summed E-state index contributed by atoms with van der Waals surface area (Å²) in [4.78, 5) is 6.58. The molecule has 0 saturated heterocycles. The largest absolute Gasteiger partial charge is 0.392 e. The van der Waals surface area contributed by atoms with Crippen molar-refractivity contribution in [1.82, 2.24) is 4.98 Å². The van der Waals surface area contributed by atoms with Gasteiger partial charge in [-0.05, 0) is 42.2 Å². The summed E-state index contributed by atoms with van der Waals surface area (Å²) < 4.78 is 0. The number of aliphatic hydroxyl groups is 1. The summed E-state index contributed by atoms with van der Waals surface area (Å²) in [5.74, 6) is 0.959. The van der Waals surface area contributed by atoms with E-state index in [0.29, 0.717) is 0 Å². The van der Waals surface area contributed by atoms with E-state index in [1.807, 2.05) is 20.0 Å². The van der Waals surface area contributed by atoms with Gasteiger partial charge in [-0.2, -0.15) is 0 Å². The number of aryl methyl sites for hydroxylation is 2. The summed E-state index contributed by atoms with van der Waals surface area (Å²) in [7, 11) is 2.04. The van der Waals surface area contributed by atoms with E-state index in [1.54, 1.807) is 6.20 Å². The second-order valence-electron chi connectivity index (χ2n) is 4.92. The Morgan fingerprint density at radius 1 is 1.16 bits per heavy atom. The van der Waals surface area contributed by atoms with Gasteiger partial charge in [0.05, 0.1) is 6.61 Å². The summed E-state index contributed by atoms with van der Waals surface area (Å²) >= 11 is 0. The Morgan fingerprint density at radius 2 is 1.89 bits per heavy atom. The summed E-state index contributed by atoms with van der Waals surface area (Å²) in [6.07, 6.45) is 1.73. The van der Waals surface area contributed by atoms with Gasteiger partial charge in [0, 0.05) is 19.8 Å². The lowest BCUT2D eigenvalue weighted by Crippen LogP contribution is -2.19. The van der Waals surface area contributed by atoms with E-state index in [9.17, 15) is 0 Å². The molecule has 2 aromatic rings. The highest BCUT2D eigenvalue weighted by Gasteiger charge is 2.08. The molecule has 1 aromatic carbocycles. The second kappa shape index (κ2) is 5.85. The van der Waals surface area contributed by atoms with Gasteiger partial charge in [-0.25, -0.2) is 4.98 Å². The lowest BCUT2D eigenvalue weighted by Gasteiger charge is -2.21. The van der Waals surface area contributed by atoms with Crippen LogP contribution in [-0.2, 0) is 13.2 Å². The molecule has 0 aliphatic heterocycles. The quantitative estimate of drug-likeness (QED) is 0.913. The molecule has 0 radical (unpaired) electrons. The SMILES string of the molecule is Cc1ccccc1CN(C)c1ncc(CO)cc1C. The van der Waals surface area contributed by atoms with Crippen LogP contribution in [-0.4, -0.2) is 17.1 Å². The summed E-state index contributed by atoms with van der Waals surface area (Å²) in [6.45, 7) is 5.02. The number of hydrogen-bond donors (Lipinski definition) is 1. The third kappa shape index (κ3) is 3.12. The number of rotatable bonds is 4. The molecule has 0 aliphatic rings. The first-order chi connectivity index (χ1) is 9.11. The highest BCUT2D eigenvalue weighted by Crippen LogP contribution is 2.19. The fourth-order valence-corrected chi connectivity index (χ4v) is 2.23. The van der Waals surface area contributed by atoms with Crippen LogP contribution >= 0.6 is 0 Å². The first-order valence-corrected chi connectivity index (χ1v) is 6.44. The highest BCUT2D eigenvalue weighted by atomic mass is 16.3. The zero-order valence-electron chi connectivity index (χ0n) is 11.7. The van der Waals surface area contributed by atoms with Crippen molar-refractivity contribution in [1.29, 1.82) is 0 Å². The Balaban J connectivity index is 2.21. The molecule has 0 unspecified atom stereocenters. The summed E-state index contributed by atoms with van der Waals surface area (Å²) in [5, 5.41) is 9.11. The number of aliphatic hydroxyl groups excluding tert-OH is 1. The first-order valence-electron chi connectivity index (χ1n) is 6.44. The maximum absolute atomic E-state index is 9.11. The number of pyridine rings is 1. The van der Waals surface area contributed by atoms with Crippen LogP contribution in [0.2, 0.25) is 0 Å². The summed E-state index contributed by atoms with van der Waals surface area (Å²) in [5.41, 5.74) is 4.53. The van der Waals surface area contributed by atoms with Crippen LogP contribution in [0.5, 0.6) is 0 Å². The minimum absolute atomic E-state index is 0.0373. The van der Waals surface area contributed by atoms with E-state index in [1.165, 1.54) is 11.1 Å². The maximum Gasteiger partial charge on any atom is 0.131 e. The maximum atomic E-state index is 9.11. The van der Waals surface area contributed by atoms with E-state index in [-0.39, 0.29) is 6.61 Å². The van der Waals surface area contributed by atoms with E-state index >= 15 is 0 Å². The molecule has 0 saturated carbocycles.